The number of nitrogens with zero attached hydrogens (tertiary/aromatic N) is 2. The molecule has 2 N–H and O–H groups in total. The van der Waals surface area contributed by atoms with Crippen LogP contribution in [-0.2, 0) is 24.2 Å². The van der Waals surface area contributed by atoms with Gasteiger partial charge in [-0.25, -0.2) is 4.39 Å². The summed E-state index contributed by atoms with van der Waals surface area (Å²) in [6, 6.07) is 10.0. The standard InChI is InChI=1S/C24H31FN4O3/c1-4-26-24(28-11-10-27-23(30)13-17-5-7-20(25)8-6-17)29-12-9-18-14-21(31-2)22(32-3)15-19(18)16-29/h5-8,14-15H,4,9-13,16H2,1-3H3,(H,26,28)(H,27,30). The fraction of sp³-hybridized carbons (Fsp3) is 0.417. The molecule has 1 heterocycles. The Kier molecular flexibility index (Phi) is 8.30. The molecule has 0 fully saturated rings. The van der Waals surface area contributed by atoms with E-state index in [1.165, 1.54) is 23.3 Å². The van der Waals surface area contributed by atoms with Crippen LogP contribution in [0.4, 0.5) is 4.39 Å². The normalized spacial score (nSPS) is 13.4. The summed E-state index contributed by atoms with van der Waals surface area (Å²) >= 11 is 0. The van der Waals surface area contributed by atoms with Gasteiger partial charge in [0.1, 0.15) is 5.82 Å². The first-order valence-corrected chi connectivity index (χ1v) is 10.8. The molecule has 0 atom stereocenters. The Morgan fingerprint density at radius 2 is 1.78 bits per heavy atom. The number of carbonyl (C=O) groups excluding carboxylic acids is 1. The van der Waals surface area contributed by atoms with Gasteiger partial charge in [-0.2, -0.15) is 0 Å². The number of rotatable bonds is 8. The average molecular weight is 443 g/mol. The number of methoxy groups -OCH3 is 2. The Hall–Kier alpha value is -3.29. The van der Waals surface area contributed by atoms with Gasteiger partial charge in [0.25, 0.3) is 0 Å². The van der Waals surface area contributed by atoms with Crippen LogP contribution in [-0.4, -0.2) is 57.2 Å². The zero-order valence-electron chi connectivity index (χ0n) is 18.9. The third-order valence-electron chi connectivity index (χ3n) is 5.33. The van der Waals surface area contributed by atoms with Crippen LogP contribution >= 0.6 is 0 Å². The molecule has 0 unspecified atom stereocenters. The molecule has 1 aliphatic heterocycles. The number of aliphatic imine (C=N–C) groups is 1. The van der Waals surface area contributed by atoms with E-state index in [1.54, 1.807) is 26.4 Å². The van der Waals surface area contributed by atoms with Gasteiger partial charge in [-0.1, -0.05) is 12.1 Å². The first kappa shape index (κ1) is 23.4. The molecule has 1 amide bonds. The fourth-order valence-electron chi connectivity index (χ4n) is 3.70. The minimum Gasteiger partial charge on any atom is -0.493 e. The lowest BCUT2D eigenvalue weighted by Crippen LogP contribution is -2.44. The summed E-state index contributed by atoms with van der Waals surface area (Å²) in [5, 5.41) is 6.21. The van der Waals surface area contributed by atoms with Crippen molar-refractivity contribution in [2.45, 2.75) is 26.3 Å². The number of guanidine groups is 1. The molecule has 8 heteroatoms. The number of hydrogen-bond acceptors (Lipinski definition) is 4. The molecule has 3 rings (SSSR count). The van der Waals surface area contributed by atoms with Crippen molar-refractivity contribution in [2.75, 3.05) is 40.4 Å². The molecule has 2 aromatic rings. The topological polar surface area (TPSA) is 75.2 Å². The van der Waals surface area contributed by atoms with Crippen molar-refractivity contribution in [1.29, 1.82) is 0 Å². The lowest BCUT2D eigenvalue weighted by atomic mass is 9.99. The molecular formula is C24H31FN4O3. The van der Waals surface area contributed by atoms with Gasteiger partial charge in [-0.15, -0.1) is 0 Å². The second-order valence-corrected chi connectivity index (χ2v) is 7.54. The molecule has 0 bridgehead atoms. The average Bonchev–Trinajstić information content (AvgIpc) is 2.81. The van der Waals surface area contributed by atoms with Crippen molar-refractivity contribution in [3.63, 3.8) is 0 Å². The van der Waals surface area contributed by atoms with Crippen molar-refractivity contribution in [3.05, 3.63) is 58.9 Å². The van der Waals surface area contributed by atoms with Crippen LogP contribution in [0, 0.1) is 5.82 Å². The predicted molar refractivity (Wildman–Crippen MR) is 123 cm³/mol. The summed E-state index contributed by atoms with van der Waals surface area (Å²) in [6.45, 7) is 5.25. The number of carbonyl (C=O) groups is 1. The highest BCUT2D eigenvalue weighted by Gasteiger charge is 2.21. The molecule has 0 aliphatic carbocycles. The lowest BCUT2D eigenvalue weighted by Gasteiger charge is -2.32. The van der Waals surface area contributed by atoms with Crippen LogP contribution in [0.3, 0.4) is 0 Å². The Morgan fingerprint density at radius 3 is 2.44 bits per heavy atom. The second-order valence-electron chi connectivity index (χ2n) is 7.54. The van der Waals surface area contributed by atoms with Crippen molar-refractivity contribution >= 4 is 11.9 Å². The molecule has 172 valence electrons. The Labute approximate surface area is 188 Å². The lowest BCUT2D eigenvalue weighted by molar-refractivity contribution is -0.120. The number of nitrogens with one attached hydrogen (secondary N) is 2. The van der Waals surface area contributed by atoms with Gasteiger partial charge < -0.3 is 25.0 Å². The molecule has 32 heavy (non-hydrogen) atoms. The molecule has 0 saturated carbocycles. The predicted octanol–water partition coefficient (Wildman–Crippen LogP) is 2.53. The maximum Gasteiger partial charge on any atom is 0.224 e. The van der Waals surface area contributed by atoms with Gasteiger partial charge in [0.05, 0.1) is 27.2 Å². The van der Waals surface area contributed by atoms with Gasteiger partial charge in [0, 0.05) is 26.2 Å². The van der Waals surface area contributed by atoms with E-state index in [1.807, 2.05) is 19.1 Å². The molecular weight excluding hydrogens is 411 g/mol. The number of fused-ring (bicyclic) bond motifs is 1. The molecule has 2 aromatic carbocycles. The number of amides is 1. The van der Waals surface area contributed by atoms with E-state index < -0.39 is 0 Å². The highest BCUT2D eigenvalue weighted by Crippen LogP contribution is 2.33. The van der Waals surface area contributed by atoms with Crippen LogP contribution in [0.15, 0.2) is 41.4 Å². The van der Waals surface area contributed by atoms with Gasteiger partial charge in [-0.3, -0.25) is 9.79 Å². The molecule has 0 radical (unpaired) electrons. The summed E-state index contributed by atoms with van der Waals surface area (Å²) in [4.78, 5) is 19.0. The van der Waals surface area contributed by atoms with Crippen molar-refractivity contribution in [3.8, 4) is 11.5 Å². The molecule has 1 aliphatic rings. The van der Waals surface area contributed by atoms with Crippen LogP contribution in [0.1, 0.15) is 23.6 Å². The summed E-state index contributed by atoms with van der Waals surface area (Å²) in [7, 11) is 3.29. The number of benzene rings is 2. The van der Waals surface area contributed by atoms with E-state index >= 15 is 0 Å². The summed E-state index contributed by atoms with van der Waals surface area (Å²) < 4.78 is 23.8. The van der Waals surface area contributed by atoms with Crippen LogP contribution in [0.5, 0.6) is 11.5 Å². The molecule has 7 nitrogen and oxygen atoms in total. The number of ether oxygens (including phenoxy) is 2. The zero-order valence-corrected chi connectivity index (χ0v) is 18.9. The van der Waals surface area contributed by atoms with E-state index in [9.17, 15) is 9.18 Å². The monoisotopic (exact) mass is 442 g/mol. The zero-order chi connectivity index (χ0) is 22.9. The second kappa shape index (κ2) is 11.4. The SMILES string of the molecule is CCNC(=NCCNC(=O)Cc1ccc(F)cc1)N1CCc2cc(OC)c(OC)cc2C1. The minimum atomic E-state index is -0.308. The van der Waals surface area contributed by atoms with Crippen molar-refractivity contribution in [2.24, 2.45) is 4.99 Å². The first-order valence-electron chi connectivity index (χ1n) is 10.8. The van der Waals surface area contributed by atoms with Gasteiger partial charge in [-0.05, 0) is 54.3 Å². The first-order chi connectivity index (χ1) is 15.5. The quantitative estimate of drug-likeness (QED) is 0.373. The third kappa shape index (κ3) is 6.12. The summed E-state index contributed by atoms with van der Waals surface area (Å²) in [6.07, 6.45) is 1.10. The highest BCUT2D eigenvalue weighted by atomic mass is 19.1. The number of hydrogen-bond donors (Lipinski definition) is 2. The van der Waals surface area contributed by atoms with Crippen LogP contribution < -0.4 is 20.1 Å². The highest BCUT2D eigenvalue weighted by molar-refractivity contribution is 5.81. The Balaban J connectivity index is 1.56. The molecule has 0 aromatic heterocycles. The van der Waals surface area contributed by atoms with Gasteiger partial charge in [0.2, 0.25) is 5.91 Å². The van der Waals surface area contributed by atoms with E-state index in [-0.39, 0.29) is 18.1 Å². The fourth-order valence-corrected chi connectivity index (χ4v) is 3.70. The maximum atomic E-state index is 13.0. The summed E-state index contributed by atoms with van der Waals surface area (Å²) in [5.74, 6) is 1.87. The van der Waals surface area contributed by atoms with Crippen LogP contribution in [0.2, 0.25) is 0 Å². The molecule has 0 spiro atoms. The third-order valence-corrected chi connectivity index (χ3v) is 5.33. The smallest absolute Gasteiger partial charge is 0.224 e. The minimum absolute atomic E-state index is 0.107. The Bertz CT molecular complexity index is 947. The van der Waals surface area contributed by atoms with E-state index in [4.69, 9.17) is 9.47 Å². The van der Waals surface area contributed by atoms with E-state index in [2.05, 4.69) is 20.5 Å². The van der Waals surface area contributed by atoms with E-state index in [0.29, 0.717) is 13.1 Å². The Morgan fingerprint density at radius 1 is 1.09 bits per heavy atom. The van der Waals surface area contributed by atoms with Crippen LogP contribution in [0.25, 0.3) is 0 Å². The van der Waals surface area contributed by atoms with E-state index in [0.717, 1.165) is 49.1 Å². The maximum absolute atomic E-state index is 13.0. The molecule has 0 saturated heterocycles. The summed E-state index contributed by atoms with van der Waals surface area (Å²) in [5.41, 5.74) is 3.22. The van der Waals surface area contributed by atoms with Crippen molar-refractivity contribution < 1.29 is 18.7 Å². The van der Waals surface area contributed by atoms with Crippen molar-refractivity contribution in [1.82, 2.24) is 15.5 Å². The van der Waals surface area contributed by atoms with Gasteiger partial charge in [0.15, 0.2) is 17.5 Å². The largest absolute Gasteiger partial charge is 0.493 e. The number of halogens is 1. The van der Waals surface area contributed by atoms with Gasteiger partial charge >= 0.3 is 0 Å².